The van der Waals surface area contributed by atoms with E-state index in [1.807, 2.05) is 0 Å². The van der Waals surface area contributed by atoms with Crippen LogP contribution in [0.25, 0.3) is 0 Å². The van der Waals surface area contributed by atoms with Crippen LogP contribution in [-0.4, -0.2) is 32.7 Å². The summed E-state index contributed by atoms with van der Waals surface area (Å²) in [5.74, 6) is -2.48. The monoisotopic (exact) mass is 396 g/mol. The number of halogens is 2. The van der Waals surface area contributed by atoms with E-state index in [1.54, 1.807) is 26.8 Å². The highest BCUT2D eigenvalue weighted by atomic mass is 32.2. The molecule has 5 nitrogen and oxygen atoms in total. The predicted molar refractivity (Wildman–Crippen MR) is 99.0 cm³/mol. The number of carbonyl (C=O) groups excluding carboxylic acids is 1. The molecule has 0 spiro atoms. The molecule has 1 N–H and O–H groups in total. The molecule has 8 heteroatoms. The number of amides is 1. The number of carbonyl (C=O) groups is 1. The molecule has 0 aliphatic carbocycles. The van der Waals surface area contributed by atoms with Crippen LogP contribution in [0.4, 0.5) is 8.78 Å². The fourth-order valence-corrected chi connectivity index (χ4v) is 3.78. The zero-order valence-electron chi connectivity index (χ0n) is 15.8. The quantitative estimate of drug-likeness (QED) is 0.843. The van der Waals surface area contributed by atoms with E-state index in [-0.39, 0.29) is 10.5 Å². The molecule has 2 aromatic rings. The molecular weight excluding hydrogens is 374 g/mol. The zero-order valence-corrected chi connectivity index (χ0v) is 16.6. The maximum atomic E-state index is 13.4. The van der Waals surface area contributed by atoms with Crippen LogP contribution in [0.15, 0.2) is 35.2 Å². The first-order valence-electron chi connectivity index (χ1n) is 8.24. The van der Waals surface area contributed by atoms with E-state index in [0.29, 0.717) is 16.7 Å². The first-order valence-corrected chi connectivity index (χ1v) is 9.68. The summed E-state index contributed by atoms with van der Waals surface area (Å²) in [5, 5.41) is 2.68. The van der Waals surface area contributed by atoms with Gasteiger partial charge in [-0.05, 0) is 61.7 Å². The molecular formula is C19H22F2N2O3S. The summed E-state index contributed by atoms with van der Waals surface area (Å²) < 4.78 is 52.6. The van der Waals surface area contributed by atoms with Crippen molar-refractivity contribution >= 4 is 15.9 Å². The molecule has 0 saturated carbocycles. The second kappa shape index (κ2) is 7.74. The van der Waals surface area contributed by atoms with Crippen molar-refractivity contribution in [1.29, 1.82) is 0 Å². The second-order valence-electron chi connectivity index (χ2n) is 6.57. The van der Waals surface area contributed by atoms with E-state index < -0.39 is 33.6 Å². The summed E-state index contributed by atoms with van der Waals surface area (Å²) in [5.41, 5.74) is 1.79. The van der Waals surface area contributed by atoms with Gasteiger partial charge in [0.1, 0.15) is 0 Å². The Morgan fingerprint density at radius 3 is 2.26 bits per heavy atom. The number of aryl methyl sites for hydroxylation is 1. The minimum atomic E-state index is -3.72. The molecule has 1 amide bonds. The molecule has 0 heterocycles. The lowest BCUT2D eigenvalue weighted by Crippen LogP contribution is -2.28. The molecule has 0 radical (unpaired) electrons. The average Bonchev–Trinajstić information content (AvgIpc) is 2.58. The van der Waals surface area contributed by atoms with Gasteiger partial charge < -0.3 is 5.32 Å². The largest absolute Gasteiger partial charge is 0.346 e. The SMILES string of the molecule is Cc1cc(C(=O)NC(C)c2ccc(F)c(F)c2)cc(S(=O)(=O)N(C)C)c1C. The molecule has 1 atom stereocenters. The molecule has 146 valence electrons. The minimum absolute atomic E-state index is 0.0538. The van der Waals surface area contributed by atoms with Crippen LogP contribution in [0, 0.1) is 25.5 Å². The minimum Gasteiger partial charge on any atom is -0.346 e. The van der Waals surface area contributed by atoms with Gasteiger partial charge >= 0.3 is 0 Å². The summed E-state index contributed by atoms with van der Waals surface area (Å²) in [6.45, 7) is 5.03. The smallest absolute Gasteiger partial charge is 0.251 e. The molecule has 0 bridgehead atoms. The highest BCUT2D eigenvalue weighted by molar-refractivity contribution is 7.89. The van der Waals surface area contributed by atoms with E-state index in [1.165, 1.54) is 26.2 Å². The molecule has 2 rings (SSSR count). The van der Waals surface area contributed by atoms with E-state index in [0.717, 1.165) is 16.4 Å². The summed E-state index contributed by atoms with van der Waals surface area (Å²) >= 11 is 0. The second-order valence-corrected chi connectivity index (χ2v) is 8.69. The van der Waals surface area contributed by atoms with Gasteiger partial charge in [-0.25, -0.2) is 21.5 Å². The van der Waals surface area contributed by atoms with Crippen molar-refractivity contribution in [3.63, 3.8) is 0 Å². The number of sulfonamides is 1. The highest BCUT2D eigenvalue weighted by Gasteiger charge is 2.23. The number of hydrogen-bond acceptors (Lipinski definition) is 3. The Bertz CT molecular complexity index is 989. The van der Waals surface area contributed by atoms with Crippen LogP contribution in [0.2, 0.25) is 0 Å². The normalized spacial score (nSPS) is 12.9. The number of rotatable bonds is 5. The van der Waals surface area contributed by atoms with Crippen LogP contribution < -0.4 is 5.32 Å². The standard InChI is InChI=1S/C19H22F2N2O3S/c1-11-8-15(10-18(12(11)2)27(25,26)23(4)5)19(24)22-13(3)14-6-7-16(20)17(21)9-14/h6-10,13H,1-5H3,(H,22,24). The Kier molecular flexibility index (Phi) is 6.01. The van der Waals surface area contributed by atoms with Crippen LogP contribution in [-0.2, 0) is 10.0 Å². The first kappa shape index (κ1) is 21.0. The summed E-state index contributed by atoms with van der Waals surface area (Å²) in [6.07, 6.45) is 0. The molecule has 2 aromatic carbocycles. The molecule has 0 saturated heterocycles. The predicted octanol–water partition coefficient (Wildman–Crippen LogP) is 3.32. The third-order valence-corrected chi connectivity index (χ3v) is 6.37. The van der Waals surface area contributed by atoms with Gasteiger partial charge in [-0.3, -0.25) is 4.79 Å². The van der Waals surface area contributed by atoms with Crippen molar-refractivity contribution in [2.24, 2.45) is 0 Å². The van der Waals surface area contributed by atoms with Crippen LogP contribution in [0.5, 0.6) is 0 Å². The molecule has 27 heavy (non-hydrogen) atoms. The summed E-state index contributed by atoms with van der Waals surface area (Å²) in [6, 6.07) is 5.71. The van der Waals surface area contributed by atoms with Crippen molar-refractivity contribution < 1.29 is 22.0 Å². The number of nitrogens with one attached hydrogen (secondary N) is 1. The van der Waals surface area contributed by atoms with Gasteiger partial charge in [0.25, 0.3) is 5.91 Å². The fraction of sp³-hybridized carbons (Fsp3) is 0.316. The first-order chi connectivity index (χ1) is 12.4. The lowest BCUT2D eigenvalue weighted by molar-refractivity contribution is 0.0939. The van der Waals surface area contributed by atoms with Gasteiger partial charge in [-0.2, -0.15) is 0 Å². The van der Waals surface area contributed by atoms with Gasteiger partial charge in [-0.15, -0.1) is 0 Å². The van der Waals surface area contributed by atoms with Crippen molar-refractivity contribution in [2.45, 2.75) is 31.7 Å². The fourth-order valence-electron chi connectivity index (χ4n) is 2.57. The van der Waals surface area contributed by atoms with Crippen molar-refractivity contribution in [2.75, 3.05) is 14.1 Å². The van der Waals surface area contributed by atoms with Crippen molar-refractivity contribution in [3.8, 4) is 0 Å². The Morgan fingerprint density at radius 2 is 1.70 bits per heavy atom. The Balaban J connectivity index is 2.36. The van der Waals surface area contributed by atoms with Crippen molar-refractivity contribution in [1.82, 2.24) is 9.62 Å². The van der Waals surface area contributed by atoms with Crippen molar-refractivity contribution in [3.05, 3.63) is 64.2 Å². The van der Waals surface area contributed by atoms with E-state index in [2.05, 4.69) is 5.32 Å². The highest BCUT2D eigenvalue weighted by Crippen LogP contribution is 2.24. The van der Waals surface area contributed by atoms with E-state index in [9.17, 15) is 22.0 Å². The average molecular weight is 396 g/mol. The molecule has 0 aliphatic rings. The molecule has 1 unspecified atom stereocenters. The van der Waals surface area contributed by atoms with E-state index in [4.69, 9.17) is 0 Å². The molecule has 0 aliphatic heterocycles. The zero-order chi connectivity index (χ0) is 20.5. The molecule has 0 fully saturated rings. The Hall–Kier alpha value is -2.32. The van der Waals surface area contributed by atoms with Gasteiger partial charge in [-0.1, -0.05) is 6.07 Å². The van der Waals surface area contributed by atoms with Gasteiger partial charge in [0.2, 0.25) is 10.0 Å². The third-order valence-electron chi connectivity index (χ3n) is 4.43. The maximum absolute atomic E-state index is 13.4. The van der Waals surface area contributed by atoms with Gasteiger partial charge in [0.05, 0.1) is 10.9 Å². The van der Waals surface area contributed by atoms with E-state index >= 15 is 0 Å². The number of nitrogens with zero attached hydrogens (tertiary/aromatic N) is 1. The lowest BCUT2D eigenvalue weighted by Gasteiger charge is -2.18. The van der Waals surface area contributed by atoms with Crippen LogP contribution >= 0.6 is 0 Å². The summed E-state index contributed by atoms with van der Waals surface area (Å²) in [4.78, 5) is 12.7. The topological polar surface area (TPSA) is 66.5 Å². The third kappa shape index (κ3) is 4.33. The van der Waals surface area contributed by atoms with Gasteiger partial charge in [0.15, 0.2) is 11.6 Å². The molecule has 0 aromatic heterocycles. The number of benzene rings is 2. The maximum Gasteiger partial charge on any atom is 0.251 e. The lowest BCUT2D eigenvalue weighted by atomic mass is 10.0. The Labute approximate surface area is 158 Å². The Morgan fingerprint density at radius 1 is 1.07 bits per heavy atom. The van der Waals surface area contributed by atoms with Gasteiger partial charge in [0, 0.05) is 19.7 Å². The van der Waals surface area contributed by atoms with Crippen LogP contribution in [0.1, 0.15) is 40.0 Å². The van der Waals surface area contributed by atoms with Crippen LogP contribution in [0.3, 0.4) is 0 Å². The summed E-state index contributed by atoms with van der Waals surface area (Å²) in [7, 11) is -0.878. The number of hydrogen-bond donors (Lipinski definition) is 1.